The van der Waals surface area contributed by atoms with Crippen LogP contribution in [-0.4, -0.2) is 63.6 Å². The summed E-state index contributed by atoms with van der Waals surface area (Å²) in [6.45, 7) is 1.06. The van der Waals surface area contributed by atoms with Crippen LogP contribution < -0.4 is 4.74 Å². The number of benzene rings is 1. The van der Waals surface area contributed by atoms with Crippen molar-refractivity contribution in [1.29, 1.82) is 0 Å². The minimum atomic E-state index is -1.14. The van der Waals surface area contributed by atoms with Gasteiger partial charge in [0.1, 0.15) is 11.4 Å². The van der Waals surface area contributed by atoms with E-state index in [4.69, 9.17) is 9.84 Å². The van der Waals surface area contributed by atoms with Crippen LogP contribution in [0.15, 0.2) is 24.3 Å². The molecule has 8 heteroatoms. The maximum absolute atomic E-state index is 12.9. The van der Waals surface area contributed by atoms with Gasteiger partial charge in [-0.3, -0.25) is 4.79 Å². The highest BCUT2D eigenvalue weighted by molar-refractivity contribution is 5.99. The summed E-state index contributed by atoms with van der Waals surface area (Å²) < 4.78 is 6.54. The van der Waals surface area contributed by atoms with E-state index in [0.29, 0.717) is 55.0 Å². The second kappa shape index (κ2) is 7.57. The SMILES string of the molecule is COc1ccc(-n2nc(C(=O)O)c3c2C(=O)N(CCCCO)CC3)cc1. The predicted molar refractivity (Wildman–Crippen MR) is 93.0 cm³/mol. The third-order valence-electron chi connectivity index (χ3n) is 4.46. The lowest BCUT2D eigenvalue weighted by Crippen LogP contribution is -2.39. The van der Waals surface area contributed by atoms with E-state index < -0.39 is 5.97 Å². The van der Waals surface area contributed by atoms with Gasteiger partial charge in [0.25, 0.3) is 5.91 Å². The van der Waals surface area contributed by atoms with Gasteiger partial charge in [-0.1, -0.05) is 0 Å². The molecule has 8 nitrogen and oxygen atoms in total. The van der Waals surface area contributed by atoms with E-state index in [9.17, 15) is 14.7 Å². The molecule has 2 N–H and O–H groups in total. The number of rotatable bonds is 7. The minimum absolute atomic E-state index is 0.0836. The third kappa shape index (κ3) is 3.28. The number of aliphatic hydroxyl groups excluding tert-OH is 1. The fourth-order valence-corrected chi connectivity index (χ4v) is 3.11. The second-order valence-electron chi connectivity index (χ2n) is 6.06. The van der Waals surface area contributed by atoms with Crippen LogP contribution in [0.2, 0.25) is 0 Å². The average molecular weight is 359 g/mol. The molecule has 1 aliphatic heterocycles. The first-order chi connectivity index (χ1) is 12.6. The Morgan fingerprint density at radius 3 is 2.62 bits per heavy atom. The first-order valence-corrected chi connectivity index (χ1v) is 8.46. The molecule has 2 aromatic rings. The normalized spacial score (nSPS) is 13.6. The number of methoxy groups -OCH3 is 1. The van der Waals surface area contributed by atoms with Crippen LogP contribution in [0, 0.1) is 0 Å². The predicted octanol–water partition coefficient (Wildman–Crippen LogP) is 1.35. The second-order valence-corrected chi connectivity index (χ2v) is 6.06. The molecule has 3 rings (SSSR count). The molecule has 0 unspecified atom stereocenters. The van der Waals surface area contributed by atoms with Crippen molar-refractivity contribution in [2.75, 3.05) is 26.8 Å². The van der Waals surface area contributed by atoms with Gasteiger partial charge in [-0.15, -0.1) is 0 Å². The van der Waals surface area contributed by atoms with Crippen LogP contribution >= 0.6 is 0 Å². The van der Waals surface area contributed by atoms with Gasteiger partial charge in [-0.2, -0.15) is 5.10 Å². The number of carboxylic acid groups (broad SMARTS) is 1. The molecule has 0 saturated carbocycles. The molecule has 0 fully saturated rings. The maximum Gasteiger partial charge on any atom is 0.356 e. The lowest BCUT2D eigenvalue weighted by molar-refractivity contribution is 0.0688. The molecule has 0 atom stereocenters. The highest BCUT2D eigenvalue weighted by Crippen LogP contribution is 2.26. The molecule has 1 aromatic heterocycles. The van der Waals surface area contributed by atoms with E-state index in [0.717, 1.165) is 0 Å². The van der Waals surface area contributed by atoms with Gasteiger partial charge in [0.15, 0.2) is 5.69 Å². The summed E-state index contributed by atoms with van der Waals surface area (Å²) in [5.74, 6) is -0.722. The summed E-state index contributed by atoms with van der Waals surface area (Å²) in [7, 11) is 1.56. The van der Waals surface area contributed by atoms with Gasteiger partial charge in [0, 0.05) is 25.3 Å². The molecule has 0 aliphatic carbocycles. The summed E-state index contributed by atoms with van der Waals surface area (Å²) in [4.78, 5) is 26.2. The highest BCUT2D eigenvalue weighted by atomic mass is 16.5. The Balaban J connectivity index is 2.01. The van der Waals surface area contributed by atoms with Crippen molar-refractivity contribution in [1.82, 2.24) is 14.7 Å². The lowest BCUT2D eigenvalue weighted by atomic mass is 10.0. The Hall–Kier alpha value is -2.87. The first-order valence-electron chi connectivity index (χ1n) is 8.46. The molecule has 0 saturated heterocycles. The number of ether oxygens (including phenoxy) is 1. The highest BCUT2D eigenvalue weighted by Gasteiger charge is 2.34. The number of carboxylic acids is 1. The fourth-order valence-electron chi connectivity index (χ4n) is 3.11. The Morgan fingerprint density at radius 2 is 2.00 bits per heavy atom. The zero-order chi connectivity index (χ0) is 18.7. The largest absolute Gasteiger partial charge is 0.497 e. The quantitative estimate of drug-likeness (QED) is 0.723. The van der Waals surface area contributed by atoms with E-state index in [1.807, 2.05) is 0 Å². The molecule has 0 radical (unpaired) electrons. The number of carbonyl (C=O) groups is 2. The van der Waals surface area contributed by atoms with Crippen LogP contribution in [0.25, 0.3) is 5.69 Å². The number of aromatic carboxylic acids is 1. The number of hydrogen-bond donors (Lipinski definition) is 2. The number of aromatic nitrogens is 2. The monoisotopic (exact) mass is 359 g/mol. The van der Waals surface area contributed by atoms with Crippen LogP contribution in [0.3, 0.4) is 0 Å². The first kappa shape index (κ1) is 17.9. The van der Waals surface area contributed by atoms with Gasteiger partial charge < -0.3 is 19.8 Å². The number of aliphatic hydroxyl groups is 1. The summed E-state index contributed by atoms with van der Waals surface area (Å²) in [6.07, 6.45) is 1.76. The van der Waals surface area contributed by atoms with Crippen molar-refractivity contribution < 1.29 is 24.5 Å². The third-order valence-corrected chi connectivity index (χ3v) is 4.46. The molecule has 1 amide bonds. The van der Waals surface area contributed by atoms with Crippen molar-refractivity contribution in [2.24, 2.45) is 0 Å². The summed E-state index contributed by atoms with van der Waals surface area (Å²) in [5.41, 5.74) is 1.28. The van der Waals surface area contributed by atoms with Gasteiger partial charge >= 0.3 is 5.97 Å². The molecule has 2 heterocycles. The van der Waals surface area contributed by atoms with Gasteiger partial charge in [0.2, 0.25) is 0 Å². The average Bonchev–Trinajstić information content (AvgIpc) is 3.04. The summed E-state index contributed by atoms with van der Waals surface area (Å²) in [5, 5.41) is 22.6. The van der Waals surface area contributed by atoms with Crippen LogP contribution in [0.1, 0.15) is 39.4 Å². The van der Waals surface area contributed by atoms with Crippen LogP contribution in [0.5, 0.6) is 5.75 Å². The molecule has 1 aromatic carbocycles. The Labute approximate surface area is 150 Å². The topological polar surface area (TPSA) is 105 Å². The van der Waals surface area contributed by atoms with Crippen molar-refractivity contribution in [3.05, 3.63) is 41.2 Å². The van der Waals surface area contributed by atoms with E-state index >= 15 is 0 Å². The van der Waals surface area contributed by atoms with Crippen molar-refractivity contribution in [2.45, 2.75) is 19.3 Å². The molecule has 0 bridgehead atoms. The number of unbranched alkanes of at least 4 members (excludes halogenated alkanes) is 1. The maximum atomic E-state index is 12.9. The molecular weight excluding hydrogens is 338 g/mol. The molecule has 26 heavy (non-hydrogen) atoms. The number of fused-ring (bicyclic) bond motifs is 1. The van der Waals surface area contributed by atoms with E-state index in [2.05, 4.69) is 5.10 Å². The zero-order valence-electron chi connectivity index (χ0n) is 14.5. The van der Waals surface area contributed by atoms with Gasteiger partial charge in [-0.05, 0) is 43.5 Å². The Bertz CT molecular complexity index is 813. The van der Waals surface area contributed by atoms with E-state index in [-0.39, 0.29) is 18.2 Å². The number of nitrogens with zero attached hydrogens (tertiary/aromatic N) is 3. The number of carbonyl (C=O) groups excluding carboxylic acids is 1. The Kier molecular flexibility index (Phi) is 5.22. The lowest BCUT2D eigenvalue weighted by Gasteiger charge is -2.27. The van der Waals surface area contributed by atoms with Crippen molar-refractivity contribution in [3.63, 3.8) is 0 Å². The van der Waals surface area contributed by atoms with Crippen LogP contribution in [0.4, 0.5) is 0 Å². The minimum Gasteiger partial charge on any atom is -0.497 e. The van der Waals surface area contributed by atoms with E-state index in [1.54, 1.807) is 36.3 Å². The van der Waals surface area contributed by atoms with Crippen molar-refractivity contribution >= 4 is 11.9 Å². The zero-order valence-corrected chi connectivity index (χ0v) is 14.5. The summed E-state index contributed by atoms with van der Waals surface area (Å²) >= 11 is 0. The van der Waals surface area contributed by atoms with Crippen LogP contribution in [-0.2, 0) is 6.42 Å². The molecule has 0 spiro atoms. The number of hydrogen-bond acceptors (Lipinski definition) is 5. The van der Waals surface area contributed by atoms with Crippen molar-refractivity contribution in [3.8, 4) is 11.4 Å². The molecule has 138 valence electrons. The molecule has 1 aliphatic rings. The van der Waals surface area contributed by atoms with E-state index in [1.165, 1.54) is 4.68 Å². The summed E-state index contributed by atoms with van der Waals surface area (Å²) in [6, 6.07) is 6.93. The smallest absolute Gasteiger partial charge is 0.356 e. The fraction of sp³-hybridized carbons (Fsp3) is 0.389. The Morgan fingerprint density at radius 1 is 1.27 bits per heavy atom. The number of amides is 1. The standard InChI is InChI=1S/C18H21N3O5/c1-26-13-6-4-12(5-7-13)21-16-14(15(19-21)18(24)25)8-10-20(17(16)23)9-2-3-11-22/h4-7,22H,2-3,8-11H2,1H3,(H,24,25). The van der Waals surface area contributed by atoms with Gasteiger partial charge in [-0.25, -0.2) is 9.48 Å². The van der Waals surface area contributed by atoms with Gasteiger partial charge in [0.05, 0.1) is 12.8 Å². The molecular formula is C18H21N3O5.